The first-order valence-corrected chi connectivity index (χ1v) is 9.46. The van der Waals surface area contributed by atoms with E-state index in [1.807, 2.05) is 49.4 Å². The van der Waals surface area contributed by atoms with Crippen LogP contribution >= 0.6 is 0 Å². The number of hydrogen-bond acceptors (Lipinski definition) is 3. The zero-order valence-corrected chi connectivity index (χ0v) is 16.1. The van der Waals surface area contributed by atoms with E-state index < -0.39 is 6.04 Å². The Balaban J connectivity index is 1.90. The predicted molar refractivity (Wildman–Crippen MR) is 106 cm³/mol. The van der Waals surface area contributed by atoms with E-state index in [0.29, 0.717) is 30.3 Å². The molecule has 2 aromatic carbocycles. The number of carbonyl (C=O) groups is 2. The molecular formula is C22H26N2O3. The summed E-state index contributed by atoms with van der Waals surface area (Å²) >= 11 is 0. The lowest BCUT2D eigenvalue weighted by molar-refractivity contribution is -0.122. The maximum atomic E-state index is 13.0. The zero-order valence-electron chi connectivity index (χ0n) is 16.1. The first-order chi connectivity index (χ1) is 13.0. The number of benzene rings is 2. The number of rotatable bonds is 7. The fraction of sp³-hybridized carbons (Fsp3) is 0.364. The Hall–Kier alpha value is -2.82. The van der Waals surface area contributed by atoms with Crippen molar-refractivity contribution in [2.45, 2.75) is 33.2 Å². The summed E-state index contributed by atoms with van der Waals surface area (Å²) in [6.45, 7) is 7.33. The van der Waals surface area contributed by atoms with Crippen molar-refractivity contribution in [2.24, 2.45) is 5.92 Å². The number of ether oxygens (including phenoxy) is 1. The Morgan fingerprint density at radius 3 is 2.52 bits per heavy atom. The van der Waals surface area contributed by atoms with E-state index in [-0.39, 0.29) is 11.8 Å². The SMILES string of the molecule is CCOc1ccc(N2C(=O)c3ccccc3C2C(=O)NCCC(C)C)cc1. The van der Waals surface area contributed by atoms with Crippen LogP contribution in [0.15, 0.2) is 48.5 Å². The first-order valence-electron chi connectivity index (χ1n) is 9.46. The van der Waals surface area contributed by atoms with Crippen LogP contribution in [0.5, 0.6) is 5.75 Å². The van der Waals surface area contributed by atoms with Crippen molar-refractivity contribution < 1.29 is 14.3 Å². The molecule has 0 bridgehead atoms. The molecule has 27 heavy (non-hydrogen) atoms. The van der Waals surface area contributed by atoms with E-state index in [9.17, 15) is 9.59 Å². The van der Waals surface area contributed by atoms with Crippen LogP contribution in [0.3, 0.4) is 0 Å². The van der Waals surface area contributed by atoms with Gasteiger partial charge in [-0.2, -0.15) is 0 Å². The molecule has 0 aliphatic carbocycles. The molecule has 1 aliphatic rings. The van der Waals surface area contributed by atoms with Crippen molar-refractivity contribution in [1.29, 1.82) is 0 Å². The molecule has 1 atom stereocenters. The van der Waals surface area contributed by atoms with Crippen molar-refractivity contribution in [3.8, 4) is 5.75 Å². The number of nitrogens with one attached hydrogen (secondary N) is 1. The molecule has 5 heteroatoms. The topological polar surface area (TPSA) is 58.6 Å². The van der Waals surface area contributed by atoms with Crippen molar-refractivity contribution in [3.05, 3.63) is 59.7 Å². The van der Waals surface area contributed by atoms with Gasteiger partial charge in [0, 0.05) is 17.8 Å². The Bertz CT molecular complexity index is 815. The van der Waals surface area contributed by atoms with Crippen molar-refractivity contribution in [1.82, 2.24) is 5.32 Å². The summed E-state index contributed by atoms with van der Waals surface area (Å²) in [6.07, 6.45) is 0.900. The molecule has 0 saturated carbocycles. The lowest BCUT2D eigenvalue weighted by Crippen LogP contribution is -2.39. The van der Waals surface area contributed by atoms with E-state index in [2.05, 4.69) is 19.2 Å². The molecule has 0 aromatic heterocycles. The van der Waals surface area contributed by atoms with Gasteiger partial charge < -0.3 is 10.1 Å². The van der Waals surface area contributed by atoms with Crippen LogP contribution < -0.4 is 15.0 Å². The minimum Gasteiger partial charge on any atom is -0.494 e. The second-order valence-electron chi connectivity index (χ2n) is 7.07. The van der Waals surface area contributed by atoms with Crippen molar-refractivity contribution in [3.63, 3.8) is 0 Å². The zero-order chi connectivity index (χ0) is 19.4. The number of hydrogen-bond donors (Lipinski definition) is 1. The molecule has 2 aromatic rings. The van der Waals surface area contributed by atoms with Crippen LogP contribution in [-0.2, 0) is 4.79 Å². The van der Waals surface area contributed by atoms with Gasteiger partial charge in [0.15, 0.2) is 0 Å². The molecule has 0 spiro atoms. The van der Waals surface area contributed by atoms with E-state index in [1.165, 1.54) is 0 Å². The van der Waals surface area contributed by atoms with Crippen LogP contribution in [0.25, 0.3) is 0 Å². The third-order valence-electron chi connectivity index (χ3n) is 4.66. The van der Waals surface area contributed by atoms with Gasteiger partial charge in [0.1, 0.15) is 11.8 Å². The first kappa shape index (κ1) is 19.0. The molecule has 1 N–H and O–H groups in total. The summed E-state index contributed by atoms with van der Waals surface area (Å²) in [6, 6.07) is 14.0. The van der Waals surface area contributed by atoms with E-state index in [1.54, 1.807) is 11.0 Å². The molecular weight excluding hydrogens is 340 g/mol. The van der Waals surface area contributed by atoms with Crippen molar-refractivity contribution in [2.75, 3.05) is 18.1 Å². The molecule has 2 amide bonds. The second-order valence-corrected chi connectivity index (χ2v) is 7.07. The highest BCUT2D eigenvalue weighted by molar-refractivity contribution is 6.15. The van der Waals surface area contributed by atoms with Gasteiger partial charge in [-0.05, 0) is 55.2 Å². The van der Waals surface area contributed by atoms with Gasteiger partial charge in [-0.25, -0.2) is 0 Å². The minimum atomic E-state index is -0.654. The van der Waals surface area contributed by atoms with Gasteiger partial charge in [-0.3, -0.25) is 14.5 Å². The largest absolute Gasteiger partial charge is 0.494 e. The maximum Gasteiger partial charge on any atom is 0.259 e. The standard InChI is InChI=1S/C22H26N2O3/c1-4-27-17-11-9-16(10-12-17)24-20(21(25)23-14-13-15(2)3)18-7-5-6-8-19(18)22(24)26/h5-12,15,20H,4,13-14H2,1-3H3,(H,23,25). The molecule has 0 saturated heterocycles. The number of amides is 2. The fourth-order valence-electron chi connectivity index (χ4n) is 3.29. The lowest BCUT2D eigenvalue weighted by Gasteiger charge is -2.25. The third-order valence-corrected chi connectivity index (χ3v) is 4.66. The van der Waals surface area contributed by atoms with Crippen LogP contribution in [0.1, 0.15) is 49.2 Å². The van der Waals surface area contributed by atoms with Gasteiger partial charge in [-0.15, -0.1) is 0 Å². The smallest absolute Gasteiger partial charge is 0.259 e. The highest BCUT2D eigenvalue weighted by Gasteiger charge is 2.41. The lowest BCUT2D eigenvalue weighted by atomic mass is 10.0. The Labute approximate surface area is 160 Å². The summed E-state index contributed by atoms with van der Waals surface area (Å²) in [5.74, 6) is 0.940. The Morgan fingerprint density at radius 1 is 1.15 bits per heavy atom. The van der Waals surface area contributed by atoms with E-state index >= 15 is 0 Å². The number of fused-ring (bicyclic) bond motifs is 1. The monoisotopic (exact) mass is 366 g/mol. The summed E-state index contributed by atoms with van der Waals surface area (Å²) in [4.78, 5) is 27.6. The van der Waals surface area contributed by atoms with Gasteiger partial charge in [0.2, 0.25) is 5.91 Å². The average Bonchev–Trinajstić information content (AvgIpc) is 2.95. The molecule has 3 rings (SSSR count). The predicted octanol–water partition coefficient (Wildman–Crippen LogP) is 3.95. The van der Waals surface area contributed by atoms with Gasteiger partial charge in [0.25, 0.3) is 5.91 Å². The molecule has 1 unspecified atom stereocenters. The molecule has 0 radical (unpaired) electrons. The van der Waals surface area contributed by atoms with Crippen molar-refractivity contribution >= 4 is 17.5 Å². The number of carbonyl (C=O) groups excluding carboxylic acids is 2. The molecule has 142 valence electrons. The molecule has 1 heterocycles. The third kappa shape index (κ3) is 3.97. The van der Waals surface area contributed by atoms with E-state index in [4.69, 9.17) is 4.74 Å². The maximum absolute atomic E-state index is 13.0. The molecule has 1 aliphatic heterocycles. The minimum absolute atomic E-state index is 0.150. The van der Waals surface area contributed by atoms with Crippen LogP contribution in [-0.4, -0.2) is 25.0 Å². The van der Waals surface area contributed by atoms with Gasteiger partial charge in [-0.1, -0.05) is 32.0 Å². The average molecular weight is 366 g/mol. The highest BCUT2D eigenvalue weighted by atomic mass is 16.5. The summed E-state index contributed by atoms with van der Waals surface area (Å²) < 4.78 is 5.48. The Morgan fingerprint density at radius 2 is 1.85 bits per heavy atom. The molecule has 0 fully saturated rings. The Kier molecular flexibility index (Phi) is 5.79. The van der Waals surface area contributed by atoms with Crippen LogP contribution in [0.4, 0.5) is 5.69 Å². The molecule has 5 nitrogen and oxygen atoms in total. The number of anilines is 1. The summed E-state index contributed by atoms with van der Waals surface area (Å²) in [7, 11) is 0. The van der Waals surface area contributed by atoms with E-state index in [0.717, 1.165) is 17.7 Å². The summed E-state index contributed by atoms with van der Waals surface area (Å²) in [5, 5.41) is 2.99. The van der Waals surface area contributed by atoms with Gasteiger partial charge >= 0.3 is 0 Å². The van der Waals surface area contributed by atoms with Gasteiger partial charge in [0.05, 0.1) is 6.61 Å². The summed E-state index contributed by atoms with van der Waals surface area (Å²) in [5.41, 5.74) is 2.01. The normalized spacial score (nSPS) is 15.8. The second kappa shape index (κ2) is 8.25. The fourth-order valence-corrected chi connectivity index (χ4v) is 3.29. The highest BCUT2D eigenvalue weighted by Crippen LogP contribution is 2.38. The quantitative estimate of drug-likeness (QED) is 0.807. The number of nitrogens with zero attached hydrogens (tertiary/aromatic N) is 1. The van der Waals surface area contributed by atoms with Crippen LogP contribution in [0, 0.1) is 5.92 Å². The van der Waals surface area contributed by atoms with Crippen LogP contribution in [0.2, 0.25) is 0 Å².